The van der Waals surface area contributed by atoms with Crippen molar-refractivity contribution in [3.63, 3.8) is 0 Å². The van der Waals surface area contributed by atoms with Crippen LogP contribution in [0.4, 0.5) is 5.69 Å². The summed E-state index contributed by atoms with van der Waals surface area (Å²) in [6.07, 6.45) is 7.80. The minimum absolute atomic E-state index is 0.0909. The van der Waals surface area contributed by atoms with Gasteiger partial charge in [-0.3, -0.25) is 5.41 Å². The Labute approximate surface area is 133 Å². The SMILES string of the molecule is CCN(c1cc(Cl)cc(C(=N)N)c1C)C1CCCCCC1. The summed E-state index contributed by atoms with van der Waals surface area (Å²) >= 11 is 6.26. The van der Waals surface area contributed by atoms with Gasteiger partial charge in [-0.2, -0.15) is 0 Å². The number of anilines is 1. The van der Waals surface area contributed by atoms with E-state index in [1.807, 2.05) is 13.0 Å². The second kappa shape index (κ2) is 7.17. The highest BCUT2D eigenvalue weighted by molar-refractivity contribution is 6.31. The van der Waals surface area contributed by atoms with Crippen LogP contribution in [0.1, 0.15) is 56.6 Å². The van der Waals surface area contributed by atoms with E-state index in [0.717, 1.165) is 23.4 Å². The zero-order valence-corrected chi connectivity index (χ0v) is 13.8. The predicted octanol–water partition coefficient (Wildman–Crippen LogP) is 4.48. The van der Waals surface area contributed by atoms with E-state index < -0.39 is 0 Å². The normalized spacial score (nSPS) is 16.5. The summed E-state index contributed by atoms with van der Waals surface area (Å²) in [6.45, 7) is 5.20. The number of halogens is 1. The van der Waals surface area contributed by atoms with Crippen molar-refractivity contribution < 1.29 is 0 Å². The van der Waals surface area contributed by atoms with Gasteiger partial charge < -0.3 is 10.6 Å². The number of nitrogens with two attached hydrogens (primary N) is 1. The summed E-state index contributed by atoms with van der Waals surface area (Å²) < 4.78 is 0. The average Bonchev–Trinajstić information content (AvgIpc) is 2.72. The first-order valence-electron chi connectivity index (χ1n) is 7.95. The molecule has 0 unspecified atom stereocenters. The largest absolute Gasteiger partial charge is 0.384 e. The fourth-order valence-electron chi connectivity index (χ4n) is 3.44. The van der Waals surface area contributed by atoms with Gasteiger partial charge in [-0.1, -0.05) is 37.3 Å². The molecule has 1 fully saturated rings. The monoisotopic (exact) mass is 307 g/mol. The maximum absolute atomic E-state index is 7.75. The third kappa shape index (κ3) is 3.70. The molecule has 1 aliphatic carbocycles. The highest BCUT2D eigenvalue weighted by atomic mass is 35.5. The molecule has 1 aromatic rings. The van der Waals surface area contributed by atoms with E-state index >= 15 is 0 Å². The van der Waals surface area contributed by atoms with Gasteiger partial charge in [0.05, 0.1) is 0 Å². The molecule has 0 aliphatic heterocycles. The highest BCUT2D eigenvalue weighted by Gasteiger charge is 2.22. The summed E-state index contributed by atoms with van der Waals surface area (Å²) in [6, 6.07) is 4.40. The topological polar surface area (TPSA) is 53.1 Å². The molecular formula is C17H26ClN3. The Bertz CT molecular complexity index is 505. The lowest BCUT2D eigenvalue weighted by Crippen LogP contribution is -2.35. The zero-order chi connectivity index (χ0) is 15.4. The summed E-state index contributed by atoms with van der Waals surface area (Å²) in [5, 5.41) is 8.41. The average molecular weight is 308 g/mol. The first-order chi connectivity index (χ1) is 10.0. The number of rotatable bonds is 4. The van der Waals surface area contributed by atoms with Gasteiger partial charge in [0.25, 0.3) is 0 Å². The van der Waals surface area contributed by atoms with Gasteiger partial charge in [0.2, 0.25) is 0 Å². The zero-order valence-electron chi connectivity index (χ0n) is 13.1. The molecule has 0 saturated heterocycles. The van der Waals surface area contributed by atoms with Crippen LogP contribution >= 0.6 is 11.6 Å². The van der Waals surface area contributed by atoms with Crippen molar-refractivity contribution >= 4 is 23.1 Å². The first-order valence-corrected chi connectivity index (χ1v) is 8.33. The fourth-order valence-corrected chi connectivity index (χ4v) is 3.65. The molecule has 0 aromatic heterocycles. The van der Waals surface area contributed by atoms with Crippen molar-refractivity contribution in [2.75, 3.05) is 11.4 Å². The van der Waals surface area contributed by atoms with Crippen LogP contribution in [0.3, 0.4) is 0 Å². The molecule has 0 amide bonds. The van der Waals surface area contributed by atoms with Crippen molar-refractivity contribution in [1.82, 2.24) is 0 Å². The molecule has 0 radical (unpaired) electrons. The molecule has 4 heteroatoms. The van der Waals surface area contributed by atoms with E-state index in [0.29, 0.717) is 11.1 Å². The summed E-state index contributed by atoms with van der Waals surface area (Å²) in [4.78, 5) is 2.46. The van der Waals surface area contributed by atoms with Gasteiger partial charge in [-0.15, -0.1) is 0 Å². The Hall–Kier alpha value is -1.22. The van der Waals surface area contributed by atoms with E-state index in [-0.39, 0.29) is 5.84 Å². The molecule has 0 atom stereocenters. The quantitative estimate of drug-likeness (QED) is 0.489. The van der Waals surface area contributed by atoms with Crippen LogP contribution in [0.2, 0.25) is 5.02 Å². The maximum atomic E-state index is 7.75. The van der Waals surface area contributed by atoms with Crippen LogP contribution in [0.15, 0.2) is 12.1 Å². The third-order valence-electron chi connectivity index (χ3n) is 4.55. The Balaban J connectivity index is 2.39. The number of nitrogens with one attached hydrogen (secondary N) is 1. The van der Waals surface area contributed by atoms with Crippen LogP contribution in [0.25, 0.3) is 0 Å². The third-order valence-corrected chi connectivity index (χ3v) is 4.77. The van der Waals surface area contributed by atoms with E-state index in [1.165, 1.54) is 38.5 Å². The van der Waals surface area contributed by atoms with Crippen LogP contribution < -0.4 is 10.6 Å². The minimum atomic E-state index is 0.0909. The van der Waals surface area contributed by atoms with Crippen LogP contribution in [-0.4, -0.2) is 18.4 Å². The number of amidine groups is 1. The summed E-state index contributed by atoms with van der Waals surface area (Å²) in [5.41, 5.74) is 8.67. The molecule has 2 rings (SSSR count). The van der Waals surface area contributed by atoms with Crippen molar-refractivity contribution in [2.24, 2.45) is 5.73 Å². The summed E-state index contributed by atoms with van der Waals surface area (Å²) in [5.74, 6) is 0.0909. The molecule has 0 heterocycles. The van der Waals surface area contributed by atoms with Gasteiger partial charge in [-0.25, -0.2) is 0 Å². The smallest absolute Gasteiger partial charge is 0.123 e. The molecule has 21 heavy (non-hydrogen) atoms. The second-order valence-electron chi connectivity index (χ2n) is 5.94. The summed E-state index contributed by atoms with van der Waals surface area (Å²) in [7, 11) is 0. The molecular weight excluding hydrogens is 282 g/mol. The number of benzene rings is 1. The fraction of sp³-hybridized carbons (Fsp3) is 0.588. The van der Waals surface area contributed by atoms with E-state index in [4.69, 9.17) is 22.7 Å². The lowest BCUT2D eigenvalue weighted by Gasteiger charge is -2.34. The molecule has 1 aromatic carbocycles. The Morgan fingerprint density at radius 2 is 1.90 bits per heavy atom. The Kier molecular flexibility index (Phi) is 5.51. The van der Waals surface area contributed by atoms with Gasteiger partial charge in [0.1, 0.15) is 5.84 Å². The molecule has 116 valence electrons. The Morgan fingerprint density at radius 1 is 1.29 bits per heavy atom. The predicted molar refractivity (Wildman–Crippen MR) is 91.7 cm³/mol. The number of hydrogen-bond donors (Lipinski definition) is 2. The van der Waals surface area contributed by atoms with Crippen LogP contribution in [-0.2, 0) is 0 Å². The van der Waals surface area contributed by atoms with Crippen molar-refractivity contribution in [3.05, 3.63) is 28.3 Å². The van der Waals surface area contributed by atoms with E-state index in [2.05, 4.69) is 11.8 Å². The number of nitrogen functional groups attached to an aromatic ring is 1. The highest BCUT2D eigenvalue weighted by Crippen LogP contribution is 2.32. The molecule has 3 N–H and O–H groups in total. The van der Waals surface area contributed by atoms with Crippen molar-refractivity contribution in [2.45, 2.75) is 58.4 Å². The molecule has 0 spiro atoms. The molecule has 0 bridgehead atoms. The van der Waals surface area contributed by atoms with Crippen molar-refractivity contribution in [3.8, 4) is 0 Å². The number of hydrogen-bond acceptors (Lipinski definition) is 2. The molecule has 1 saturated carbocycles. The van der Waals surface area contributed by atoms with Crippen molar-refractivity contribution in [1.29, 1.82) is 5.41 Å². The lowest BCUT2D eigenvalue weighted by molar-refractivity contribution is 0.532. The van der Waals surface area contributed by atoms with Crippen LogP contribution in [0.5, 0.6) is 0 Å². The minimum Gasteiger partial charge on any atom is -0.384 e. The number of nitrogens with zero attached hydrogens (tertiary/aromatic N) is 1. The first kappa shape index (κ1) is 16.2. The van der Waals surface area contributed by atoms with Gasteiger partial charge >= 0.3 is 0 Å². The van der Waals surface area contributed by atoms with Gasteiger partial charge in [-0.05, 0) is 44.4 Å². The Morgan fingerprint density at radius 3 is 2.43 bits per heavy atom. The van der Waals surface area contributed by atoms with Crippen LogP contribution in [0, 0.1) is 12.3 Å². The van der Waals surface area contributed by atoms with Gasteiger partial charge in [0.15, 0.2) is 0 Å². The van der Waals surface area contributed by atoms with E-state index in [9.17, 15) is 0 Å². The second-order valence-corrected chi connectivity index (χ2v) is 6.38. The molecule has 3 nitrogen and oxygen atoms in total. The molecule has 1 aliphatic rings. The van der Waals surface area contributed by atoms with Gasteiger partial charge in [0, 0.05) is 28.9 Å². The maximum Gasteiger partial charge on any atom is 0.123 e. The lowest BCUT2D eigenvalue weighted by atomic mass is 10.0. The standard InChI is InChI=1S/C17H26ClN3/c1-3-21(14-8-6-4-5-7-9-14)16-11-13(18)10-15(12(16)2)17(19)20/h10-11,14H,3-9H2,1-2H3,(H3,19,20). The van der Waals surface area contributed by atoms with E-state index in [1.54, 1.807) is 6.07 Å².